The third-order valence-corrected chi connectivity index (χ3v) is 3.62. The van der Waals surface area contributed by atoms with Gasteiger partial charge in [0.05, 0.1) is 12.7 Å². The van der Waals surface area contributed by atoms with Crippen LogP contribution < -0.4 is 10.1 Å². The highest BCUT2D eigenvalue weighted by Gasteiger charge is 2.26. The summed E-state index contributed by atoms with van der Waals surface area (Å²) in [4.78, 5) is 14.6. The normalized spacial score (nSPS) is 19.4. The zero-order valence-corrected chi connectivity index (χ0v) is 12.1. The second-order valence-electron chi connectivity index (χ2n) is 5.21. The minimum atomic E-state index is 0.0673. The highest BCUT2D eigenvalue weighted by Crippen LogP contribution is 2.27. The molecule has 0 spiro atoms. The lowest BCUT2D eigenvalue weighted by Gasteiger charge is -2.34. The fraction of sp³-hybridized carbons (Fsp3) is 0.533. The Balaban J connectivity index is 2.37. The van der Waals surface area contributed by atoms with E-state index in [9.17, 15) is 4.79 Å². The first-order valence-corrected chi connectivity index (χ1v) is 6.71. The van der Waals surface area contributed by atoms with Gasteiger partial charge in [-0.2, -0.15) is 0 Å². The SMILES string of the molecule is COc1c(C)cc(C)cc1C(=O)N1CCNCC1C. The van der Waals surface area contributed by atoms with Crippen LogP contribution in [-0.2, 0) is 0 Å². The number of piperazine rings is 1. The summed E-state index contributed by atoms with van der Waals surface area (Å²) in [6.07, 6.45) is 0. The highest BCUT2D eigenvalue weighted by molar-refractivity contribution is 5.98. The van der Waals surface area contributed by atoms with Crippen molar-refractivity contribution in [3.8, 4) is 5.75 Å². The summed E-state index contributed by atoms with van der Waals surface area (Å²) in [6, 6.07) is 4.17. The second-order valence-corrected chi connectivity index (χ2v) is 5.21. The lowest BCUT2D eigenvalue weighted by atomic mass is 10.0. The molecule has 1 N–H and O–H groups in total. The number of nitrogens with zero attached hydrogens (tertiary/aromatic N) is 1. The molecule has 1 unspecified atom stereocenters. The van der Waals surface area contributed by atoms with E-state index in [-0.39, 0.29) is 11.9 Å². The maximum Gasteiger partial charge on any atom is 0.257 e. The maximum absolute atomic E-state index is 12.7. The Bertz CT molecular complexity index is 485. The molecule has 1 aliphatic heterocycles. The number of aryl methyl sites for hydroxylation is 2. The molecule has 4 heteroatoms. The van der Waals surface area contributed by atoms with Crippen molar-refractivity contribution in [2.75, 3.05) is 26.7 Å². The van der Waals surface area contributed by atoms with Crippen LogP contribution in [0.25, 0.3) is 0 Å². The van der Waals surface area contributed by atoms with Crippen LogP contribution in [0.1, 0.15) is 28.4 Å². The Morgan fingerprint density at radius 1 is 1.42 bits per heavy atom. The van der Waals surface area contributed by atoms with Crippen molar-refractivity contribution in [3.05, 3.63) is 28.8 Å². The van der Waals surface area contributed by atoms with Gasteiger partial charge in [0, 0.05) is 25.7 Å². The van der Waals surface area contributed by atoms with Crippen molar-refractivity contribution in [2.45, 2.75) is 26.8 Å². The first kappa shape index (κ1) is 13.9. The molecule has 1 amide bonds. The number of hydrogen-bond donors (Lipinski definition) is 1. The Hall–Kier alpha value is -1.55. The zero-order valence-electron chi connectivity index (χ0n) is 12.1. The molecule has 1 heterocycles. The summed E-state index contributed by atoms with van der Waals surface area (Å²) < 4.78 is 5.42. The number of methoxy groups -OCH3 is 1. The van der Waals surface area contributed by atoms with Crippen LogP contribution in [0, 0.1) is 13.8 Å². The van der Waals surface area contributed by atoms with E-state index in [2.05, 4.69) is 12.2 Å². The second kappa shape index (κ2) is 5.61. The Morgan fingerprint density at radius 3 is 2.79 bits per heavy atom. The molecule has 0 radical (unpaired) electrons. The summed E-state index contributed by atoms with van der Waals surface area (Å²) in [6.45, 7) is 8.49. The van der Waals surface area contributed by atoms with Crippen LogP contribution >= 0.6 is 0 Å². The standard InChI is InChI=1S/C15H22N2O2/c1-10-7-11(2)14(19-4)13(8-10)15(18)17-6-5-16-9-12(17)3/h7-8,12,16H,5-6,9H2,1-4H3. The molecular formula is C15H22N2O2. The molecule has 0 aromatic heterocycles. The molecule has 1 saturated heterocycles. The number of ether oxygens (including phenoxy) is 1. The third-order valence-electron chi connectivity index (χ3n) is 3.62. The van der Waals surface area contributed by atoms with Crippen LogP contribution in [0.4, 0.5) is 0 Å². The van der Waals surface area contributed by atoms with Gasteiger partial charge in [0.15, 0.2) is 0 Å². The van der Waals surface area contributed by atoms with Gasteiger partial charge in [-0.15, -0.1) is 0 Å². The van der Waals surface area contributed by atoms with E-state index in [4.69, 9.17) is 4.74 Å². The van der Waals surface area contributed by atoms with E-state index in [0.29, 0.717) is 11.3 Å². The quantitative estimate of drug-likeness (QED) is 0.883. The van der Waals surface area contributed by atoms with Gasteiger partial charge in [-0.05, 0) is 38.0 Å². The molecule has 104 valence electrons. The van der Waals surface area contributed by atoms with Crippen molar-refractivity contribution < 1.29 is 9.53 Å². The molecule has 4 nitrogen and oxygen atoms in total. The van der Waals surface area contributed by atoms with E-state index in [1.807, 2.05) is 30.9 Å². The number of benzene rings is 1. The number of nitrogens with one attached hydrogen (secondary N) is 1. The van der Waals surface area contributed by atoms with Crippen LogP contribution in [-0.4, -0.2) is 43.6 Å². The van der Waals surface area contributed by atoms with Crippen molar-refractivity contribution in [3.63, 3.8) is 0 Å². The van der Waals surface area contributed by atoms with E-state index in [1.165, 1.54) is 0 Å². The first-order chi connectivity index (χ1) is 9.04. The largest absolute Gasteiger partial charge is 0.496 e. The van der Waals surface area contributed by atoms with Gasteiger partial charge in [-0.25, -0.2) is 0 Å². The molecule has 0 saturated carbocycles. The van der Waals surface area contributed by atoms with Gasteiger partial charge in [0.1, 0.15) is 5.75 Å². The minimum Gasteiger partial charge on any atom is -0.496 e. The molecule has 1 aromatic rings. The number of hydrogen-bond acceptors (Lipinski definition) is 3. The summed E-state index contributed by atoms with van der Waals surface area (Å²) in [7, 11) is 1.62. The molecule has 0 aliphatic carbocycles. The number of carbonyl (C=O) groups is 1. The van der Waals surface area contributed by atoms with Crippen molar-refractivity contribution in [2.24, 2.45) is 0 Å². The summed E-state index contributed by atoms with van der Waals surface area (Å²) in [5, 5.41) is 3.30. The van der Waals surface area contributed by atoms with Gasteiger partial charge in [-0.3, -0.25) is 4.79 Å². The Morgan fingerprint density at radius 2 is 2.16 bits per heavy atom. The zero-order chi connectivity index (χ0) is 14.0. The fourth-order valence-electron chi connectivity index (χ4n) is 2.68. The molecule has 1 aliphatic rings. The van der Waals surface area contributed by atoms with Crippen LogP contribution in [0.2, 0.25) is 0 Å². The van der Waals surface area contributed by atoms with Crippen molar-refractivity contribution in [1.82, 2.24) is 10.2 Å². The Kier molecular flexibility index (Phi) is 4.10. The average Bonchev–Trinajstić information content (AvgIpc) is 2.37. The smallest absolute Gasteiger partial charge is 0.257 e. The van der Waals surface area contributed by atoms with E-state index in [0.717, 1.165) is 30.8 Å². The van der Waals surface area contributed by atoms with Crippen LogP contribution in [0.15, 0.2) is 12.1 Å². The molecular weight excluding hydrogens is 240 g/mol. The van der Waals surface area contributed by atoms with Crippen molar-refractivity contribution >= 4 is 5.91 Å². The van der Waals surface area contributed by atoms with Gasteiger partial charge >= 0.3 is 0 Å². The van der Waals surface area contributed by atoms with E-state index in [1.54, 1.807) is 7.11 Å². The van der Waals surface area contributed by atoms with Crippen LogP contribution in [0.5, 0.6) is 5.75 Å². The van der Waals surface area contributed by atoms with Gasteiger partial charge in [0.25, 0.3) is 5.91 Å². The van der Waals surface area contributed by atoms with Crippen molar-refractivity contribution in [1.29, 1.82) is 0 Å². The molecule has 1 atom stereocenters. The van der Waals surface area contributed by atoms with E-state index < -0.39 is 0 Å². The maximum atomic E-state index is 12.7. The minimum absolute atomic E-state index is 0.0673. The molecule has 2 rings (SSSR count). The van der Waals surface area contributed by atoms with Gasteiger partial charge in [0.2, 0.25) is 0 Å². The third kappa shape index (κ3) is 2.73. The summed E-state index contributed by atoms with van der Waals surface area (Å²) in [5.41, 5.74) is 2.77. The number of carbonyl (C=O) groups excluding carboxylic acids is 1. The first-order valence-electron chi connectivity index (χ1n) is 6.71. The topological polar surface area (TPSA) is 41.6 Å². The highest BCUT2D eigenvalue weighted by atomic mass is 16.5. The lowest BCUT2D eigenvalue weighted by molar-refractivity contribution is 0.0652. The number of rotatable bonds is 2. The van der Waals surface area contributed by atoms with Gasteiger partial charge < -0.3 is 15.0 Å². The lowest BCUT2D eigenvalue weighted by Crippen LogP contribution is -2.52. The van der Waals surface area contributed by atoms with E-state index >= 15 is 0 Å². The molecule has 1 fully saturated rings. The molecule has 0 bridgehead atoms. The monoisotopic (exact) mass is 262 g/mol. The van der Waals surface area contributed by atoms with Gasteiger partial charge in [-0.1, -0.05) is 6.07 Å². The Labute approximate surface area is 114 Å². The molecule has 19 heavy (non-hydrogen) atoms. The number of amides is 1. The summed E-state index contributed by atoms with van der Waals surface area (Å²) in [5.74, 6) is 0.763. The fourth-order valence-corrected chi connectivity index (χ4v) is 2.68. The predicted octanol–water partition coefficient (Wildman–Crippen LogP) is 1.75. The average molecular weight is 262 g/mol. The van der Waals surface area contributed by atoms with Crippen LogP contribution in [0.3, 0.4) is 0 Å². The molecule has 1 aromatic carbocycles. The predicted molar refractivity (Wildman–Crippen MR) is 75.8 cm³/mol. The summed E-state index contributed by atoms with van der Waals surface area (Å²) >= 11 is 0.